The second kappa shape index (κ2) is 9.50. The van der Waals surface area contributed by atoms with Gasteiger partial charge in [0.05, 0.1) is 24.2 Å². The lowest BCUT2D eigenvalue weighted by Crippen LogP contribution is -2.22. The average Bonchev–Trinajstić information content (AvgIpc) is 2.86. The van der Waals surface area contributed by atoms with Crippen molar-refractivity contribution in [1.29, 1.82) is 0 Å². The van der Waals surface area contributed by atoms with E-state index < -0.39 is 16.1 Å². The summed E-state index contributed by atoms with van der Waals surface area (Å²) in [6.07, 6.45) is -0.491. The van der Waals surface area contributed by atoms with Crippen molar-refractivity contribution in [3.8, 4) is 22.9 Å². The highest BCUT2D eigenvalue weighted by molar-refractivity contribution is 7.92. The molecule has 5 rings (SSSR count). The third-order valence-electron chi connectivity index (χ3n) is 6.05. The van der Waals surface area contributed by atoms with Crippen LogP contribution >= 0.6 is 0 Å². The molecule has 1 aromatic heterocycles. The fourth-order valence-electron chi connectivity index (χ4n) is 4.33. The summed E-state index contributed by atoms with van der Waals surface area (Å²) in [5.41, 5.74) is 4.94. The molecule has 0 radical (unpaired) electrons. The zero-order chi connectivity index (χ0) is 25.3. The van der Waals surface area contributed by atoms with Crippen molar-refractivity contribution in [2.75, 3.05) is 23.7 Å². The molecular weight excluding hydrogens is 476 g/mol. The molecule has 0 amide bonds. The average molecular weight is 503 g/mol. The lowest BCUT2D eigenvalue weighted by Gasteiger charge is -2.23. The molecule has 8 nitrogen and oxygen atoms in total. The van der Waals surface area contributed by atoms with E-state index in [1.54, 1.807) is 31.4 Å². The molecule has 1 unspecified atom stereocenters. The summed E-state index contributed by atoms with van der Waals surface area (Å²) in [6.45, 7) is 4.32. The normalized spacial score (nSPS) is 16.4. The highest BCUT2D eigenvalue weighted by Gasteiger charge is 2.24. The molecule has 0 spiro atoms. The number of aryl methyl sites for hydroxylation is 2. The van der Waals surface area contributed by atoms with Gasteiger partial charge in [0.15, 0.2) is 0 Å². The molecule has 0 saturated carbocycles. The molecule has 0 aliphatic carbocycles. The summed E-state index contributed by atoms with van der Waals surface area (Å²) in [5.74, 6) is 0.847. The monoisotopic (exact) mass is 502 g/mol. The molecule has 4 bridgehead atoms. The quantitative estimate of drug-likeness (QED) is 0.401. The van der Waals surface area contributed by atoms with Gasteiger partial charge in [-0.15, -0.1) is 0 Å². The van der Waals surface area contributed by atoms with E-state index in [1.165, 1.54) is 6.07 Å². The fraction of sp³-hybridized carbons (Fsp3) is 0.185. The molecular formula is C27H26N4O4S. The second-order valence-corrected chi connectivity index (χ2v) is 10.2. The Morgan fingerprint density at radius 2 is 1.69 bits per heavy atom. The number of hydrogen-bond acceptors (Lipinski definition) is 7. The van der Waals surface area contributed by atoms with Gasteiger partial charge in [-0.2, -0.15) is 4.98 Å². The Kier molecular flexibility index (Phi) is 6.24. The highest BCUT2D eigenvalue weighted by Crippen LogP contribution is 2.34. The first kappa shape index (κ1) is 23.6. The number of para-hydroxylation sites is 1. The SMILES string of the molecule is COc1ccccc1C1CNc2cccc(c2)S(=O)(=O)Nc2nc(cc(-c3c(C)cccc3C)n2)O1. The van der Waals surface area contributed by atoms with Crippen molar-refractivity contribution in [2.45, 2.75) is 24.8 Å². The number of nitrogens with one attached hydrogen (secondary N) is 2. The molecule has 0 saturated heterocycles. The number of methoxy groups -OCH3 is 1. The Labute approximate surface area is 210 Å². The van der Waals surface area contributed by atoms with Gasteiger partial charge in [-0.3, -0.25) is 0 Å². The van der Waals surface area contributed by atoms with E-state index in [4.69, 9.17) is 9.47 Å². The Morgan fingerprint density at radius 3 is 2.47 bits per heavy atom. The Hall–Kier alpha value is -4.11. The number of hydrogen-bond donors (Lipinski definition) is 2. The maximum Gasteiger partial charge on any atom is 0.264 e. The van der Waals surface area contributed by atoms with Crippen molar-refractivity contribution in [3.63, 3.8) is 0 Å². The fourth-order valence-corrected chi connectivity index (χ4v) is 5.32. The van der Waals surface area contributed by atoms with Gasteiger partial charge in [-0.25, -0.2) is 18.1 Å². The van der Waals surface area contributed by atoms with E-state index in [2.05, 4.69) is 20.0 Å². The predicted octanol–water partition coefficient (Wildman–Crippen LogP) is 5.12. The van der Waals surface area contributed by atoms with Gasteiger partial charge < -0.3 is 14.8 Å². The number of benzene rings is 3. The topological polar surface area (TPSA) is 102 Å². The standard InChI is InChI=1S/C27H26N4O4S/c1-17-8-6-9-18(2)26(17)22-15-25-30-27(29-22)31-36(32,33)20-11-7-10-19(14-20)28-16-24(35-25)21-12-4-5-13-23(21)34-3/h4-15,24,28H,16H2,1-3H3,(H,29,30,31). The molecule has 1 aliphatic heterocycles. The van der Waals surface area contributed by atoms with Crippen molar-refractivity contribution >= 4 is 21.7 Å². The second-order valence-electron chi connectivity index (χ2n) is 8.54. The molecule has 3 aromatic carbocycles. The van der Waals surface area contributed by atoms with Crippen molar-refractivity contribution in [3.05, 3.63) is 89.5 Å². The van der Waals surface area contributed by atoms with Gasteiger partial charge in [0, 0.05) is 22.9 Å². The minimum atomic E-state index is -3.93. The molecule has 0 fully saturated rings. The summed E-state index contributed by atoms with van der Waals surface area (Å²) < 4.78 is 40.9. The lowest BCUT2D eigenvalue weighted by atomic mass is 10.00. The van der Waals surface area contributed by atoms with E-state index >= 15 is 0 Å². The first-order valence-corrected chi connectivity index (χ1v) is 12.9. The van der Waals surface area contributed by atoms with Crippen LogP contribution in [0.4, 0.5) is 11.6 Å². The van der Waals surface area contributed by atoms with Crippen LogP contribution in [0.5, 0.6) is 11.6 Å². The van der Waals surface area contributed by atoms with Gasteiger partial charge in [-0.05, 0) is 49.2 Å². The number of sulfonamides is 1. The first-order valence-electron chi connectivity index (χ1n) is 11.5. The lowest BCUT2D eigenvalue weighted by molar-refractivity contribution is 0.205. The van der Waals surface area contributed by atoms with Crippen LogP contribution < -0.4 is 19.5 Å². The van der Waals surface area contributed by atoms with Gasteiger partial charge in [0.1, 0.15) is 11.9 Å². The Balaban J connectivity index is 1.70. The van der Waals surface area contributed by atoms with Crippen LogP contribution in [0.3, 0.4) is 0 Å². The van der Waals surface area contributed by atoms with Gasteiger partial charge in [0.25, 0.3) is 10.0 Å². The van der Waals surface area contributed by atoms with Crippen LogP contribution in [0.1, 0.15) is 22.8 Å². The molecule has 4 aromatic rings. The van der Waals surface area contributed by atoms with Gasteiger partial charge >= 0.3 is 0 Å². The third-order valence-corrected chi connectivity index (χ3v) is 7.38. The largest absolute Gasteiger partial charge is 0.496 e. The van der Waals surface area contributed by atoms with E-state index in [0.29, 0.717) is 23.7 Å². The maximum atomic E-state index is 13.2. The third kappa shape index (κ3) is 4.70. The van der Waals surface area contributed by atoms with Gasteiger partial charge in [-0.1, -0.05) is 42.5 Å². The Bertz CT molecular complexity index is 1520. The smallest absolute Gasteiger partial charge is 0.264 e. The number of rotatable bonds is 3. The molecule has 184 valence electrons. The van der Waals surface area contributed by atoms with Crippen LogP contribution in [0, 0.1) is 13.8 Å². The molecule has 2 heterocycles. The summed E-state index contributed by atoms with van der Waals surface area (Å²) in [4.78, 5) is 9.10. The number of ether oxygens (including phenoxy) is 2. The van der Waals surface area contributed by atoms with E-state index in [-0.39, 0.29) is 16.7 Å². The molecule has 36 heavy (non-hydrogen) atoms. The van der Waals surface area contributed by atoms with Crippen molar-refractivity contribution < 1.29 is 17.9 Å². The minimum Gasteiger partial charge on any atom is -0.496 e. The maximum absolute atomic E-state index is 13.2. The summed E-state index contributed by atoms with van der Waals surface area (Å²) >= 11 is 0. The van der Waals surface area contributed by atoms with Crippen LogP contribution in [0.15, 0.2) is 77.7 Å². The molecule has 1 atom stereocenters. The van der Waals surface area contributed by atoms with Crippen LogP contribution in [0.2, 0.25) is 0 Å². The highest BCUT2D eigenvalue weighted by atomic mass is 32.2. The summed E-state index contributed by atoms with van der Waals surface area (Å²) in [5, 5.41) is 3.30. The number of fused-ring (bicyclic) bond motifs is 4. The molecule has 2 N–H and O–H groups in total. The van der Waals surface area contributed by atoms with Crippen LogP contribution in [-0.4, -0.2) is 32.0 Å². The van der Waals surface area contributed by atoms with Crippen molar-refractivity contribution in [2.24, 2.45) is 0 Å². The summed E-state index contributed by atoms with van der Waals surface area (Å²) in [6, 6.07) is 21.9. The predicted molar refractivity (Wildman–Crippen MR) is 139 cm³/mol. The number of nitrogens with zero attached hydrogens (tertiary/aromatic N) is 2. The van der Waals surface area contributed by atoms with Crippen molar-refractivity contribution in [1.82, 2.24) is 9.97 Å². The molecule has 1 aliphatic rings. The Morgan fingerprint density at radius 1 is 0.944 bits per heavy atom. The van der Waals surface area contributed by atoms with E-state index in [1.807, 2.05) is 56.3 Å². The van der Waals surface area contributed by atoms with Crippen LogP contribution in [0.25, 0.3) is 11.3 Å². The van der Waals surface area contributed by atoms with E-state index in [9.17, 15) is 8.42 Å². The number of anilines is 2. The van der Waals surface area contributed by atoms with Crippen LogP contribution in [-0.2, 0) is 10.0 Å². The zero-order valence-corrected chi connectivity index (χ0v) is 21.0. The van der Waals surface area contributed by atoms with E-state index in [0.717, 1.165) is 22.3 Å². The number of aromatic nitrogens is 2. The molecule has 9 heteroatoms. The first-order chi connectivity index (χ1) is 17.3. The minimum absolute atomic E-state index is 0.0668. The zero-order valence-electron chi connectivity index (χ0n) is 20.1. The summed E-state index contributed by atoms with van der Waals surface area (Å²) in [7, 11) is -2.32. The van der Waals surface area contributed by atoms with Gasteiger partial charge in [0.2, 0.25) is 11.8 Å².